The van der Waals surface area contributed by atoms with E-state index in [2.05, 4.69) is 27.2 Å². The Hall–Kier alpha value is -2.56. The van der Waals surface area contributed by atoms with E-state index in [-0.39, 0.29) is 0 Å². The largest absolute Gasteiger partial charge is 0.477 e. The normalized spacial score (nSPS) is 10.7. The Bertz CT molecular complexity index is 690. The molecule has 0 spiro atoms. The summed E-state index contributed by atoms with van der Waals surface area (Å²) in [7, 11) is 0. The number of aromatic nitrogens is 3. The van der Waals surface area contributed by atoms with Crippen molar-refractivity contribution in [2.24, 2.45) is 0 Å². The third kappa shape index (κ3) is 3.13. The lowest BCUT2D eigenvalue weighted by atomic mass is 10.2. The highest BCUT2D eigenvalue weighted by Crippen LogP contribution is 2.18. The number of ether oxygens (including phenoxy) is 1. The molecule has 21 heavy (non-hydrogen) atoms. The van der Waals surface area contributed by atoms with Gasteiger partial charge in [0.15, 0.2) is 0 Å². The number of hydrogen-bond acceptors (Lipinski definition) is 4. The molecule has 0 amide bonds. The highest BCUT2D eigenvalue weighted by Gasteiger charge is 2.06. The van der Waals surface area contributed by atoms with Gasteiger partial charge in [0.05, 0.1) is 17.6 Å². The van der Waals surface area contributed by atoms with Crippen molar-refractivity contribution in [1.29, 1.82) is 0 Å². The van der Waals surface area contributed by atoms with E-state index in [1.165, 1.54) is 0 Å². The molecule has 3 aromatic rings. The summed E-state index contributed by atoms with van der Waals surface area (Å²) in [4.78, 5) is 12.0. The number of H-pyrrole nitrogens is 1. The first-order chi connectivity index (χ1) is 10.4. The molecule has 0 saturated carbocycles. The molecule has 0 saturated heterocycles. The molecule has 5 nitrogen and oxygen atoms in total. The number of nitrogens with zero attached hydrogens (tertiary/aromatic N) is 2. The Kier molecular flexibility index (Phi) is 4.00. The summed E-state index contributed by atoms with van der Waals surface area (Å²) in [6.07, 6.45) is 2.71. The third-order valence-electron chi connectivity index (χ3n) is 3.13. The van der Waals surface area contributed by atoms with Gasteiger partial charge in [0.2, 0.25) is 11.8 Å². The molecule has 3 rings (SSSR count). The zero-order valence-electron chi connectivity index (χ0n) is 12.0. The summed E-state index contributed by atoms with van der Waals surface area (Å²) in [5, 5.41) is 3.28. The van der Waals surface area contributed by atoms with Gasteiger partial charge >= 0.3 is 0 Å². The number of fused-ring (bicyclic) bond motifs is 1. The Morgan fingerprint density at radius 3 is 2.95 bits per heavy atom. The maximum Gasteiger partial charge on any atom is 0.218 e. The Balaban J connectivity index is 1.72. The van der Waals surface area contributed by atoms with Crippen molar-refractivity contribution in [2.75, 3.05) is 11.9 Å². The molecule has 2 aromatic heterocycles. The molecule has 0 aliphatic rings. The number of imidazole rings is 1. The number of rotatable bonds is 6. The van der Waals surface area contributed by atoms with Crippen LogP contribution < -0.4 is 10.1 Å². The van der Waals surface area contributed by atoms with Gasteiger partial charge in [-0.3, -0.25) is 0 Å². The quantitative estimate of drug-likeness (QED) is 0.727. The first-order valence-electron chi connectivity index (χ1n) is 7.12. The fourth-order valence-electron chi connectivity index (χ4n) is 2.10. The lowest BCUT2D eigenvalue weighted by Gasteiger charge is -2.09. The van der Waals surface area contributed by atoms with E-state index in [1.54, 1.807) is 6.20 Å². The number of benzene rings is 1. The predicted molar refractivity (Wildman–Crippen MR) is 83.4 cm³/mol. The molecule has 0 unspecified atom stereocenters. The first kappa shape index (κ1) is 13.4. The molecular weight excluding hydrogens is 264 g/mol. The molecule has 0 fully saturated rings. The van der Waals surface area contributed by atoms with Crippen LogP contribution in [0, 0.1) is 0 Å². The summed E-state index contributed by atoms with van der Waals surface area (Å²) in [6.45, 7) is 3.37. The monoisotopic (exact) mass is 282 g/mol. The van der Waals surface area contributed by atoms with E-state index in [0.29, 0.717) is 19.0 Å². The van der Waals surface area contributed by atoms with Gasteiger partial charge in [0, 0.05) is 18.3 Å². The second kappa shape index (κ2) is 6.26. The topological polar surface area (TPSA) is 62.8 Å². The maximum atomic E-state index is 5.65. The Labute approximate surface area is 123 Å². The van der Waals surface area contributed by atoms with E-state index >= 15 is 0 Å². The number of hydrogen-bond donors (Lipinski definition) is 2. The molecule has 108 valence electrons. The van der Waals surface area contributed by atoms with Crippen LogP contribution in [0.1, 0.15) is 18.9 Å². The van der Waals surface area contributed by atoms with Crippen LogP contribution in [0.4, 0.5) is 5.95 Å². The van der Waals surface area contributed by atoms with Crippen molar-refractivity contribution in [3.63, 3.8) is 0 Å². The number of anilines is 1. The molecule has 5 heteroatoms. The van der Waals surface area contributed by atoms with Crippen LogP contribution in [-0.2, 0) is 6.54 Å². The van der Waals surface area contributed by atoms with Gasteiger partial charge in [-0.05, 0) is 24.6 Å². The molecule has 0 atom stereocenters. The van der Waals surface area contributed by atoms with Crippen molar-refractivity contribution in [1.82, 2.24) is 15.0 Å². The molecule has 1 aromatic carbocycles. The molecule has 0 radical (unpaired) electrons. The summed E-state index contributed by atoms with van der Waals surface area (Å²) < 4.78 is 5.65. The minimum absolute atomic E-state index is 0.618. The minimum atomic E-state index is 0.618. The fourth-order valence-corrected chi connectivity index (χ4v) is 2.10. The lowest BCUT2D eigenvalue weighted by molar-refractivity contribution is 0.302. The molecule has 0 bridgehead atoms. The maximum absolute atomic E-state index is 5.65. The summed E-state index contributed by atoms with van der Waals surface area (Å²) in [6, 6.07) is 11.9. The molecule has 0 aliphatic heterocycles. The van der Waals surface area contributed by atoms with Crippen molar-refractivity contribution >= 4 is 17.0 Å². The van der Waals surface area contributed by atoms with E-state index < -0.39 is 0 Å². The van der Waals surface area contributed by atoms with E-state index in [4.69, 9.17) is 4.74 Å². The van der Waals surface area contributed by atoms with Gasteiger partial charge in [-0.1, -0.05) is 25.1 Å². The van der Waals surface area contributed by atoms with Crippen molar-refractivity contribution in [2.45, 2.75) is 19.9 Å². The Morgan fingerprint density at radius 1 is 1.19 bits per heavy atom. The van der Waals surface area contributed by atoms with Crippen LogP contribution in [0.25, 0.3) is 11.0 Å². The zero-order chi connectivity index (χ0) is 14.5. The summed E-state index contributed by atoms with van der Waals surface area (Å²) in [5.74, 6) is 1.43. The SMILES string of the molecule is CCCOc1ncccc1CNc1nc2ccccc2[nH]1. The minimum Gasteiger partial charge on any atom is -0.477 e. The molecule has 0 aliphatic carbocycles. The van der Waals surface area contributed by atoms with Gasteiger partial charge in [-0.2, -0.15) is 0 Å². The first-order valence-corrected chi connectivity index (χ1v) is 7.12. The smallest absolute Gasteiger partial charge is 0.218 e. The summed E-state index contributed by atoms with van der Waals surface area (Å²) in [5.41, 5.74) is 2.99. The van der Waals surface area contributed by atoms with Crippen LogP contribution in [-0.4, -0.2) is 21.6 Å². The van der Waals surface area contributed by atoms with E-state index in [1.807, 2.05) is 36.4 Å². The number of para-hydroxylation sites is 2. The van der Waals surface area contributed by atoms with Gasteiger partial charge in [-0.15, -0.1) is 0 Å². The average Bonchev–Trinajstić information content (AvgIpc) is 2.94. The van der Waals surface area contributed by atoms with Crippen LogP contribution in [0.5, 0.6) is 5.88 Å². The van der Waals surface area contributed by atoms with Gasteiger partial charge < -0.3 is 15.0 Å². The standard InChI is InChI=1S/C16H18N4O/c1-2-10-21-15-12(6-5-9-17-15)11-18-16-19-13-7-3-4-8-14(13)20-16/h3-9H,2,10-11H2,1H3,(H2,18,19,20). The molecule has 2 N–H and O–H groups in total. The van der Waals surface area contributed by atoms with Gasteiger partial charge in [-0.25, -0.2) is 9.97 Å². The third-order valence-corrected chi connectivity index (χ3v) is 3.13. The van der Waals surface area contributed by atoms with Gasteiger partial charge in [0.1, 0.15) is 0 Å². The van der Waals surface area contributed by atoms with Crippen molar-refractivity contribution in [3.8, 4) is 5.88 Å². The van der Waals surface area contributed by atoms with Crippen LogP contribution in [0.3, 0.4) is 0 Å². The highest BCUT2D eigenvalue weighted by molar-refractivity contribution is 5.77. The van der Waals surface area contributed by atoms with Crippen LogP contribution >= 0.6 is 0 Å². The number of nitrogens with one attached hydrogen (secondary N) is 2. The average molecular weight is 282 g/mol. The predicted octanol–water partition coefficient (Wildman–Crippen LogP) is 3.36. The van der Waals surface area contributed by atoms with Crippen LogP contribution in [0.15, 0.2) is 42.6 Å². The van der Waals surface area contributed by atoms with Gasteiger partial charge in [0.25, 0.3) is 0 Å². The molecular formula is C16H18N4O. The van der Waals surface area contributed by atoms with Crippen molar-refractivity contribution < 1.29 is 4.74 Å². The molecule has 2 heterocycles. The number of pyridine rings is 1. The lowest BCUT2D eigenvalue weighted by Crippen LogP contribution is -2.06. The zero-order valence-corrected chi connectivity index (χ0v) is 12.0. The second-order valence-electron chi connectivity index (χ2n) is 4.77. The van der Waals surface area contributed by atoms with E-state index in [9.17, 15) is 0 Å². The van der Waals surface area contributed by atoms with Crippen LogP contribution in [0.2, 0.25) is 0 Å². The highest BCUT2D eigenvalue weighted by atomic mass is 16.5. The van der Waals surface area contributed by atoms with E-state index in [0.717, 1.165) is 29.0 Å². The Morgan fingerprint density at radius 2 is 2.10 bits per heavy atom. The fraction of sp³-hybridized carbons (Fsp3) is 0.250. The summed E-state index contributed by atoms with van der Waals surface area (Å²) >= 11 is 0. The van der Waals surface area contributed by atoms with Crippen molar-refractivity contribution in [3.05, 3.63) is 48.2 Å². The number of aromatic amines is 1. The second-order valence-corrected chi connectivity index (χ2v) is 4.77.